The van der Waals surface area contributed by atoms with E-state index in [1.54, 1.807) is 12.6 Å². The Morgan fingerprint density at radius 3 is 2.86 bits per heavy atom. The minimum absolute atomic E-state index is 0.0799. The molecule has 0 spiro atoms. The summed E-state index contributed by atoms with van der Waals surface area (Å²) in [5.74, 6) is 1.00. The third-order valence-corrected chi connectivity index (χ3v) is 3.86. The van der Waals surface area contributed by atoms with Gasteiger partial charge in [-0.25, -0.2) is 0 Å². The van der Waals surface area contributed by atoms with Gasteiger partial charge in [-0.2, -0.15) is 0 Å². The van der Waals surface area contributed by atoms with E-state index in [1.807, 2.05) is 47.0 Å². The van der Waals surface area contributed by atoms with Crippen LogP contribution in [-0.4, -0.2) is 26.4 Å². The van der Waals surface area contributed by atoms with Crippen molar-refractivity contribution in [2.45, 2.75) is 11.7 Å². The first-order valence-electron chi connectivity index (χ1n) is 6.69. The molecule has 0 unspecified atom stereocenters. The standard InChI is InChI=1S/C15H14N4O2S/c20-14(17-12-5-2-1-3-6-12)10-22-15-18-16-11-19(15)9-13-7-4-8-21-13/h1-8,11H,9-10H2,(H,17,20). The molecule has 0 aliphatic rings. The van der Waals surface area contributed by atoms with Gasteiger partial charge in [-0.05, 0) is 24.3 Å². The Morgan fingerprint density at radius 1 is 1.23 bits per heavy atom. The van der Waals surface area contributed by atoms with Crippen LogP contribution in [0.25, 0.3) is 0 Å². The number of thioether (sulfide) groups is 1. The van der Waals surface area contributed by atoms with Crippen molar-refractivity contribution in [3.63, 3.8) is 0 Å². The second kappa shape index (κ2) is 6.95. The second-order valence-electron chi connectivity index (χ2n) is 4.52. The smallest absolute Gasteiger partial charge is 0.234 e. The molecule has 0 fully saturated rings. The number of carbonyl (C=O) groups excluding carboxylic acids is 1. The monoisotopic (exact) mass is 314 g/mol. The van der Waals surface area contributed by atoms with Gasteiger partial charge in [-0.3, -0.25) is 4.79 Å². The van der Waals surface area contributed by atoms with E-state index in [0.717, 1.165) is 11.4 Å². The second-order valence-corrected chi connectivity index (χ2v) is 5.47. The molecule has 0 bridgehead atoms. The van der Waals surface area contributed by atoms with Crippen LogP contribution >= 0.6 is 11.8 Å². The van der Waals surface area contributed by atoms with Crippen molar-refractivity contribution in [2.75, 3.05) is 11.1 Å². The minimum atomic E-state index is -0.0799. The maximum Gasteiger partial charge on any atom is 0.234 e. The molecule has 7 heteroatoms. The lowest BCUT2D eigenvalue weighted by Gasteiger charge is -2.05. The van der Waals surface area contributed by atoms with Crippen LogP contribution in [-0.2, 0) is 11.3 Å². The summed E-state index contributed by atoms with van der Waals surface area (Å²) in [6.07, 6.45) is 3.25. The van der Waals surface area contributed by atoms with Crippen molar-refractivity contribution in [2.24, 2.45) is 0 Å². The Hall–Kier alpha value is -2.54. The van der Waals surface area contributed by atoms with Crippen molar-refractivity contribution in [3.8, 4) is 0 Å². The van der Waals surface area contributed by atoms with E-state index in [9.17, 15) is 4.79 Å². The van der Waals surface area contributed by atoms with Crippen molar-refractivity contribution in [3.05, 3.63) is 60.8 Å². The molecule has 0 aliphatic carbocycles. The van der Waals surface area contributed by atoms with E-state index in [2.05, 4.69) is 15.5 Å². The molecule has 2 aromatic heterocycles. The van der Waals surface area contributed by atoms with Gasteiger partial charge in [0.25, 0.3) is 0 Å². The van der Waals surface area contributed by atoms with Crippen LogP contribution in [0.15, 0.2) is 64.6 Å². The van der Waals surface area contributed by atoms with Crippen molar-refractivity contribution in [1.29, 1.82) is 0 Å². The summed E-state index contributed by atoms with van der Waals surface area (Å²) in [7, 11) is 0. The molecule has 3 aromatic rings. The summed E-state index contributed by atoms with van der Waals surface area (Å²) in [6, 6.07) is 13.1. The highest BCUT2D eigenvalue weighted by molar-refractivity contribution is 7.99. The van der Waals surface area contributed by atoms with E-state index in [-0.39, 0.29) is 11.7 Å². The van der Waals surface area contributed by atoms with Crippen LogP contribution in [0.3, 0.4) is 0 Å². The molecule has 3 rings (SSSR count). The summed E-state index contributed by atoms with van der Waals surface area (Å²) in [6.45, 7) is 0.544. The van der Waals surface area contributed by atoms with Gasteiger partial charge in [0, 0.05) is 5.69 Å². The van der Waals surface area contributed by atoms with Gasteiger partial charge in [0.2, 0.25) is 5.91 Å². The van der Waals surface area contributed by atoms with Gasteiger partial charge in [-0.15, -0.1) is 10.2 Å². The first-order chi connectivity index (χ1) is 10.8. The van der Waals surface area contributed by atoms with Gasteiger partial charge in [-0.1, -0.05) is 30.0 Å². The zero-order chi connectivity index (χ0) is 15.2. The van der Waals surface area contributed by atoms with Crippen LogP contribution in [0.1, 0.15) is 5.76 Å². The van der Waals surface area contributed by atoms with Crippen molar-refractivity contribution in [1.82, 2.24) is 14.8 Å². The van der Waals surface area contributed by atoms with Crippen LogP contribution in [0.2, 0.25) is 0 Å². The number of rotatable bonds is 6. The zero-order valence-corrected chi connectivity index (χ0v) is 12.5. The zero-order valence-electron chi connectivity index (χ0n) is 11.7. The highest BCUT2D eigenvalue weighted by atomic mass is 32.2. The summed E-state index contributed by atoms with van der Waals surface area (Å²) in [5.41, 5.74) is 0.783. The van der Waals surface area contributed by atoms with E-state index in [4.69, 9.17) is 4.42 Å². The number of nitrogens with zero attached hydrogens (tertiary/aromatic N) is 3. The molecule has 0 saturated heterocycles. The van der Waals surface area contributed by atoms with E-state index < -0.39 is 0 Å². The maximum atomic E-state index is 11.9. The topological polar surface area (TPSA) is 73.0 Å². The average Bonchev–Trinajstić information content (AvgIpc) is 3.19. The lowest BCUT2D eigenvalue weighted by Crippen LogP contribution is -2.14. The summed E-state index contributed by atoms with van der Waals surface area (Å²) in [4.78, 5) is 11.9. The Morgan fingerprint density at radius 2 is 2.09 bits per heavy atom. The highest BCUT2D eigenvalue weighted by Crippen LogP contribution is 2.17. The van der Waals surface area contributed by atoms with E-state index in [0.29, 0.717) is 11.7 Å². The first-order valence-corrected chi connectivity index (χ1v) is 7.68. The Balaban J connectivity index is 1.55. The predicted molar refractivity (Wildman–Crippen MR) is 83.6 cm³/mol. The van der Waals surface area contributed by atoms with Crippen molar-refractivity contribution < 1.29 is 9.21 Å². The first kappa shape index (κ1) is 14.4. The quantitative estimate of drug-likeness (QED) is 0.708. The van der Waals surface area contributed by atoms with Crippen molar-refractivity contribution >= 4 is 23.4 Å². The number of aromatic nitrogens is 3. The molecule has 0 saturated carbocycles. The van der Waals surface area contributed by atoms with Crippen LogP contribution in [0.5, 0.6) is 0 Å². The molecule has 112 valence electrons. The Bertz CT molecular complexity index is 725. The normalized spacial score (nSPS) is 10.5. The van der Waals surface area contributed by atoms with Crippen LogP contribution in [0.4, 0.5) is 5.69 Å². The molecule has 0 radical (unpaired) electrons. The Labute approximate surface area is 131 Å². The molecule has 2 heterocycles. The highest BCUT2D eigenvalue weighted by Gasteiger charge is 2.10. The van der Waals surface area contributed by atoms with Crippen LogP contribution in [0, 0.1) is 0 Å². The molecule has 0 atom stereocenters. The third-order valence-electron chi connectivity index (χ3n) is 2.88. The summed E-state index contributed by atoms with van der Waals surface area (Å²) < 4.78 is 7.15. The average molecular weight is 314 g/mol. The number of amides is 1. The van der Waals surface area contributed by atoms with Gasteiger partial charge in [0.15, 0.2) is 5.16 Å². The van der Waals surface area contributed by atoms with Gasteiger partial charge >= 0.3 is 0 Å². The SMILES string of the molecule is O=C(CSc1nncn1Cc1ccco1)Nc1ccccc1. The predicted octanol–water partition coefficient (Wildman–Crippen LogP) is 2.65. The molecule has 22 heavy (non-hydrogen) atoms. The van der Waals surface area contributed by atoms with E-state index >= 15 is 0 Å². The number of hydrogen-bond donors (Lipinski definition) is 1. The van der Waals surface area contributed by atoms with Gasteiger partial charge in [0.1, 0.15) is 12.1 Å². The molecule has 6 nitrogen and oxygen atoms in total. The molecule has 0 aliphatic heterocycles. The van der Waals surface area contributed by atoms with E-state index in [1.165, 1.54) is 11.8 Å². The number of benzene rings is 1. The molecule has 1 N–H and O–H groups in total. The summed E-state index contributed by atoms with van der Waals surface area (Å²) in [5, 5.41) is 11.4. The number of carbonyl (C=O) groups is 1. The number of nitrogens with one attached hydrogen (secondary N) is 1. The fourth-order valence-corrected chi connectivity index (χ4v) is 2.60. The molecular weight excluding hydrogens is 300 g/mol. The molecule has 1 amide bonds. The van der Waals surface area contributed by atoms with Gasteiger partial charge in [0.05, 0.1) is 18.6 Å². The van der Waals surface area contributed by atoms with Gasteiger partial charge < -0.3 is 14.3 Å². The number of furan rings is 1. The fraction of sp³-hybridized carbons (Fsp3) is 0.133. The number of para-hydroxylation sites is 1. The van der Waals surface area contributed by atoms with Crippen LogP contribution < -0.4 is 5.32 Å². The largest absolute Gasteiger partial charge is 0.467 e. The minimum Gasteiger partial charge on any atom is -0.467 e. The number of anilines is 1. The summed E-state index contributed by atoms with van der Waals surface area (Å²) >= 11 is 1.34. The molecule has 1 aromatic carbocycles. The molecular formula is C15H14N4O2S. The Kier molecular flexibility index (Phi) is 4.55. The number of hydrogen-bond acceptors (Lipinski definition) is 5. The lowest BCUT2D eigenvalue weighted by molar-refractivity contribution is -0.113. The third kappa shape index (κ3) is 3.76. The lowest BCUT2D eigenvalue weighted by atomic mass is 10.3. The fourth-order valence-electron chi connectivity index (χ4n) is 1.88. The maximum absolute atomic E-state index is 11.9.